The molecule has 0 spiro atoms. The molecule has 0 aliphatic carbocycles. The Balaban J connectivity index is 1.20. The lowest BCUT2D eigenvalue weighted by atomic mass is 10.2. The summed E-state index contributed by atoms with van der Waals surface area (Å²) in [5, 5.41) is 3.29. The smallest absolute Gasteiger partial charge is 0.241 e. The Morgan fingerprint density at radius 2 is 1.50 bits per heavy atom. The number of carbonyl (C=O) groups excluding carboxylic acids is 1. The van der Waals surface area contributed by atoms with E-state index in [1.165, 1.54) is 24.1 Å². The number of nitrogens with one attached hydrogen (secondary N) is 1. The Morgan fingerprint density at radius 3 is 2.18 bits per heavy atom. The van der Waals surface area contributed by atoms with Gasteiger partial charge in [-0.2, -0.15) is 0 Å². The van der Waals surface area contributed by atoms with Crippen LogP contribution in [0.4, 0.5) is 11.4 Å². The highest BCUT2D eigenvalue weighted by molar-refractivity contribution is 5.81. The molecule has 0 atom stereocenters. The van der Waals surface area contributed by atoms with Gasteiger partial charge in [-0.05, 0) is 42.7 Å². The molecule has 148 valence electrons. The fraction of sp³-hybridized carbons (Fsp3) is 0.435. The van der Waals surface area contributed by atoms with Gasteiger partial charge in [-0.25, -0.2) is 0 Å². The van der Waals surface area contributed by atoms with E-state index in [2.05, 4.69) is 63.6 Å². The molecule has 0 unspecified atom stereocenters. The molecule has 2 aromatic rings. The van der Waals surface area contributed by atoms with Crippen molar-refractivity contribution in [2.75, 3.05) is 56.0 Å². The zero-order valence-electron chi connectivity index (χ0n) is 16.5. The number of rotatable bonds is 6. The second-order valence-electron chi connectivity index (χ2n) is 7.74. The van der Waals surface area contributed by atoms with E-state index in [0.717, 1.165) is 51.5 Å². The molecule has 2 fully saturated rings. The highest BCUT2D eigenvalue weighted by atomic mass is 16.2. The first kappa shape index (κ1) is 18.8. The lowest BCUT2D eigenvalue weighted by Gasteiger charge is -2.34. The van der Waals surface area contributed by atoms with Crippen LogP contribution in [-0.4, -0.2) is 61.5 Å². The van der Waals surface area contributed by atoms with Crippen LogP contribution in [0.3, 0.4) is 0 Å². The fourth-order valence-corrected chi connectivity index (χ4v) is 4.05. The highest BCUT2D eigenvalue weighted by Crippen LogP contribution is 2.22. The minimum absolute atomic E-state index is 0.183. The molecular formula is C23H30N4O. The summed E-state index contributed by atoms with van der Waals surface area (Å²) in [5.41, 5.74) is 3.63. The highest BCUT2D eigenvalue weighted by Gasteiger charge is 2.21. The largest absolute Gasteiger partial charge is 0.376 e. The van der Waals surface area contributed by atoms with E-state index in [0.29, 0.717) is 6.54 Å². The van der Waals surface area contributed by atoms with E-state index in [1.54, 1.807) is 0 Å². The van der Waals surface area contributed by atoms with Gasteiger partial charge < -0.3 is 15.1 Å². The van der Waals surface area contributed by atoms with Gasteiger partial charge in [-0.1, -0.05) is 30.3 Å². The van der Waals surface area contributed by atoms with Crippen molar-refractivity contribution in [3.05, 3.63) is 60.2 Å². The monoisotopic (exact) mass is 378 g/mol. The van der Waals surface area contributed by atoms with Gasteiger partial charge in [0.05, 0.1) is 6.54 Å². The maximum Gasteiger partial charge on any atom is 0.241 e. The number of anilines is 2. The summed E-state index contributed by atoms with van der Waals surface area (Å²) in [6, 6.07) is 19.0. The lowest BCUT2D eigenvalue weighted by molar-refractivity contribution is -0.131. The Bertz CT molecular complexity index is 748. The maximum absolute atomic E-state index is 12.5. The average Bonchev–Trinajstić information content (AvgIpc) is 3.29. The summed E-state index contributed by atoms with van der Waals surface area (Å²) >= 11 is 0. The zero-order valence-corrected chi connectivity index (χ0v) is 16.5. The van der Waals surface area contributed by atoms with Crippen LogP contribution in [0.2, 0.25) is 0 Å². The first-order valence-corrected chi connectivity index (χ1v) is 10.4. The maximum atomic E-state index is 12.5. The fourth-order valence-electron chi connectivity index (χ4n) is 4.05. The molecule has 5 nitrogen and oxygen atoms in total. The summed E-state index contributed by atoms with van der Waals surface area (Å²) in [6.45, 7) is 7.12. The van der Waals surface area contributed by atoms with Crippen LogP contribution in [0, 0.1) is 0 Å². The molecule has 2 heterocycles. The van der Waals surface area contributed by atoms with Crippen LogP contribution < -0.4 is 10.2 Å². The quantitative estimate of drug-likeness (QED) is 0.839. The third kappa shape index (κ3) is 4.84. The van der Waals surface area contributed by atoms with Gasteiger partial charge in [0.25, 0.3) is 0 Å². The normalized spacial score (nSPS) is 17.7. The molecule has 1 amide bonds. The van der Waals surface area contributed by atoms with Gasteiger partial charge in [-0.15, -0.1) is 0 Å². The molecule has 2 aliphatic rings. The number of hydrogen-bond acceptors (Lipinski definition) is 4. The van der Waals surface area contributed by atoms with E-state index in [4.69, 9.17) is 0 Å². The minimum Gasteiger partial charge on any atom is -0.376 e. The molecule has 1 N–H and O–H groups in total. The standard InChI is InChI=1S/C23H30N4O/c28-23(18-24-21-8-10-22(11-9-21)26-12-4-5-13-26)27-16-14-25(15-17-27)19-20-6-2-1-3-7-20/h1-3,6-11,24H,4-5,12-19H2. The molecule has 5 heteroatoms. The van der Waals surface area contributed by atoms with Crippen molar-refractivity contribution in [3.63, 3.8) is 0 Å². The van der Waals surface area contributed by atoms with Gasteiger partial charge in [0, 0.05) is 57.2 Å². The Labute approximate surface area is 167 Å². The van der Waals surface area contributed by atoms with Crippen LogP contribution in [-0.2, 0) is 11.3 Å². The molecule has 0 bridgehead atoms. The first-order chi connectivity index (χ1) is 13.8. The second-order valence-corrected chi connectivity index (χ2v) is 7.74. The topological polar surface area (TPSA) is 38.8 Å². The van der Waals surface area contributed by atoms with E-state index in [-0.39, 0.29) is 5.91 Å². The van der Waals surface area contributed by atoms with Crippen LogP contribution in [0.5, 0.6) is 0 Å². The Hall–Kier alpha value is -2.53. The van der Waals surface area contributed by atoms with Crippen molar-refractivity contribution in [2.24, 2.45) is 0 Å². The Kier molecular flexibility index (Phi) is 6.12. The SMILES string of the molecule is O=C(CNc1ccc(N2CCCC2)cc1)N1CCN(Cc2ccccc2)CC1. The van der Waals surface area contributed by atoms with Crippen molar-refractivity contribution >= 4 is 17.3 Å². The predicted molar refractivity (Wildman–Crippen MR) is 115 cm³/mol. The predicted octanol–water partition coefficient (Wildman–Crippen LogP) is 3.04. The number of piperazine rings is 1. The van der Waals surface area contributed by atoms with Gasteiger partial charge in [0.15, 0.2) is 0 Å². The summed E-state index contributed by atoms with van der Waals surface area (Å²) < 4.78 is 0. The Morgan fingerprint density at radius 1 is 0.821 bits per heavy atom. The summed E-state index contributed by atoms with van der Waals surface area (Å²) in [6.07, 6.45) is 2.57. The summed E-state index contributed by atoms with van der Waals surface area (Å²) in [7, 11) is 0. The van der Waals surface area contributed by atoms with Gasteiger partial charge in [-0.3, -0.25) is 9.69 Å². The number of benzene rings is 2. The van der Waals surface area contributed by atoms with Gasteiger partial charge in [0.1, 0.15) is 0 Å². The second kappa shape index (κ2) is 9.11. The van der Waals surface area contributed by atoms with Crippen LogP contribution >= 0.6 is 0 Å². The molecule has 2 saturated heterocycles. The first-order valence-electron chi connectivity index (χ1n) is 10.4. The molecule has 4 rings (SSSR count). The summed E-state index contributed by atoms with van der Waals surface area (Å²) in [5.74, 6) is 0.183. The number of hydrogen-bond donors (Lipinski definition) is 1. The lowest BCUT2D eigenvalue weighted by Crippen LogP contribution is -2.49. The van der Waals surface area contributed by atoms with Crippen molar-refractivity contribution in [2.45, 2.75) is 19.4 Å². The van der Waals surface area contributed by atoms with E-state index < -0.39 is 0 Å². The number of carbonyl (C=O) groups is 1. The molecule has 0 radical (unpaired) electrons. The summed E-state index contributed by atoms with van der Waals surface area (Å²) in [4.78, 5) is 19.4. The molecular weight excluding hydrogens is 348 g/mol. The van der Waals surface area contributed by atoms with Crippen LogP contribution in [0.25, 0.3) is 0 Å². The van der Waals surface area contributed by atoms with Crippen molar-refractivity contribution in [1.29, 1.82) is 0 Å². The van der Waals surface area contributed by atoms with Gasteiger partial charge in [0.2, 0.25) is 5.91 Å². The van der Waals surface area contributed by atoms with Crippen molar-refractivity contribution in [1.82, 2.24) is 9.80 Å². The number of amides is 1. The van der Waals surface area contributed by atoms with Crippen LogP contribution in [0.15, 0.2) is 54.6 Å². The van der Waals surface area contributed by atoms with Crippen molar-refractivity contribution in [3.8, 4) is 0 Å². The zero-order chi connectivity index (χ0) is 19.2. The molecule has 28 heavy (non-hydrogen) atoms. The van der Waals surface area contributed by atoms with Gasteiger partial charge >= 0.3 is 0 Å². The van der Waals surface area contributed by atoms with Crippen molar-refractivity contribution < 1.29 is 4.79 Å². The third-order valence-electron chi connectivity index (χ3n) is 5.76. The minimum atomic E-state index is 0.183. The molecule has 2 aliphatic heterocycles. The number of nitrogens with zero attached hydrogens (tertiary/aromatic N) is 3. The molecule has 0 aromatic heterocycles. The van der Waals surface area contributed by atoms with E-state index in [1.807, 2.05) is 11.0 Å². The van der Waals surface area contributed by atoms with E-state index >= 15 is 0 Å². The van der Waals surface area contributed by atoms with Crippen LogP contribution in [0.1, 0.15) is 18.4 Å². The third-order valence-corrected chi connectivity index (χ3v) is 5.76. The average molecular weight is 379 g/mol. The molecule has 0 saturated carbocycles. The molecule has 2 aromatic carbocycles. The van der Waals surface area contributed by atoms with E-state index in [9.17, 15) is 4.79 Å².